The summed E-state index contributed by atoms with van der Waals surface area (Å²) in [5.41, 5.74) is 2.10. The number of carbonyl (C=O) groups excluding carboxylic acids is 3. The van der Waals surface area contributed by atoms with Gasteiger partial charge in [-0.2, -0.15) is 0 Å². The maximum Gasteiger partial charge on any atom is 0.272 e. The highest BCUT2D eigenvalue weighted by molar-refractivity contribution is 7.85. The van der Waals surface area contributed by atoms with Crippen molar-refractivity contribution in [3.8, 4) is 5.75 Å². The quantitative estimate of drug-likeness (QED) is 0.213. The fourth-order valence-corrected chi connectivity index (χ4v) is 4.57. The molecule has 1 aromatic carbocycles. The van der Waals surface area contributed by atoms with Crippen molar-refractivity contribution in [1.29, 1.82) is 0 Å². The highest BCUT2D eigenvalue weighted by Crippen LogP contribution is 2.25. The Balaban J connectivity index is 3.16. The van der Waals surface area contributed by atoms with Gasteiger partial charge in [0, 0.05) is 23.6 Å². The minimum atomic E-state index is -1.82. The maximum atomic E-state index is 13.3. The molecule has 0 aromatic heterocycles. The molecule has 10 nitrogen and oxygen atoms in total. The van der Waals surface area contributed by atoms with Crippen LogP contribution in [-0.4, -0.2) is 63.3 Å². The van der Waals surface area contributed by atoms with Crippen molar-refractivity contribution < 1.29 is 33.6 Å². The number of amides is 3. The highest BCUT2D eigenvalue weighted by Gasteiger charge is 2.43. The Kier molecular flexibility index (Phi) is 10.9. The molecule has 0 radical (unpaired) electrons. The van der Waals surface area contributed by atoms with Crippen molar-refractivity contribution >= 4 is 28.5 Å². The Morgan fingerprint density at radius 3 is 2.12 bits per heavy atom. The van der Waals surface area contributed by atoms with E-state index in [-0.39, 0.29) is 18.1 Å². The van der Waals surface area contributed by atoms with Gasteiger partial charge >= 0.3 is 0 Å². The number of hydroxylamine groups is 1. The van der Waals surface area contributed by atoms with E-state index in [1.165, 1.54) is 12.5 Å². The summed E-state index contributed by atoms with van der Waals surface area (Å²) in [7, 11) is 1.33. The van der Waals surface area contributed by atoms with E-state index in [0.717, 1.165) is 5.56 Å². The molecule has 4 atom stereocenters. The van der Waals surface area contributed by atoms with Gasteiger partial charge < -0.3 is 20.5 Å². The van der Waals surface area contributed by atoms with Crippen LogP contribution >= 0.6 is 0 Å². The molecule has 186 valence electrons. The van der Waals surface area contributed by atoms with Crippen molar-refractivity contribution in [1.82, 2.24) is 16.1 Å². The molecular weight excluding hydrogens is 450 g/mol. The van der Waals surface area contributed by atoms with E-state index < -0.39 is 51.3 Å². The maximum absolute atomic E-state index is 13.3. The molecule has 0 bridgehead atoms. The molecule has 0 aliphatic carbocycles. The molecular formula is C22H35N3O7S. The van der Waals surface area contributed by atoms with Crippen LogP contribution in [0.5, 0.6) is 5.75 Å². The molecule has 33 heavy (non-hydrogen) atoms. The predicted molar refractivity (Wildman–Crippen MR) is 124 cm³/mol. The van der Waals surface area contributed by atoms with E-state index >= 15 is 0 Å². The minimum Gasteiger partial charge on any atom is -0.497 e. The Morgan fingerprint density at radius 1 is 1.09 bits per heavy atom. The fraction of sp³-hybridized carbons (Fsp3) is 0.591. The van der Waals surface area contributed by atoms with E-state index in [0.29, 0.717) is 5.75 Å². The van der Waals surface area contributed by atoms with Crippen LogP contribution in [0.15, 0.2) is 24.3 Å². The Hall–Kier alpha value is -2.50. The second-order valence-electron chi connectivity index (χ2n) is 8.65. The van der Waals surface area contributed by atoms with Crippen molar-refractivity contribution in [3.63, 3.8) is 0 Å². The molecule has 11 heteroatoms. The van der Waals surface area contributed by atoms with Crippen LogP contribution in [0.4, 0.5) is 0 Å². The molecule has 0 fully saturated rings. The zero-order valence-electron chi connectivity index (χ0n) is 19.9. The lowest BCUT2D eigenvalue weighted by atomic mass is 9.90. The van der Waals surface area contributed by atoms with E-state index in [2.05, 4.69) is 10.6 Å². The van der Waals surface area contributed by atoms with Crippen molar-refractivity contribution in [3.05, 3.63) is 29.8 Å². The predicted octanol–water partition coefficient (Wildman–Crippen LogP) is 0.482. The molecule has 0 aliphatic rings. The first-order valence-electron chi connectivity index (χ1n) is 10.5. The summed E-state index contributed by atoms with van der Waals surface area (Å²) in [5, 5.41) is 24.1. The summed E-state index contributed by atoms with van der Waals surface area (Å²) in [4.78, 5) is 37.5. The van der Waals surface area contributed by atoms with Crippen LogP contribution in [0.2, 0.25) is 0 Å². The zero-order chi connectivity index (χ0) is 25.3. The first-order valence-corrected chi connectivity index (χ1v) is 11.9. The number of methoxy groups -OCH3 is 1. The zero-order valence-corrected chi connectivity index (χ0v) is 20.7. The van der Waals surface area contributed by atoms with Crippen LogP contribution in [0.3, 0.4) is 0 Å². The monoisotopic (exact) mass is 485 g/mol. The summed E-state index contributed by atoms with van der Waals surface area (Å²) < 4.78 is 17.2. The molecule has 4 unspecified atom stereocenters. The molecule has 3 amide bonds. The van der Waals surface area contributed by atoms with Crippen molar-refractivity contribution in [2.75, 3.05) is 14.2 Å². The molecule has 0 spiro atoms. The largest absolute Gasteiger partial charge is 0.497 e. The third kappa shape index (κ3) is 7.79. The number of aliphatic hydroxyl groups is 1. The molecule has 5 N–H and O–H groups in total. The van der Waals surface area contributed by atoms with Crippen molar-refractivity contribution in [2.45, 2.75) is 56.8 Å². The molecule has 0 heterocycles. The second kappa shape index (κ2) is 12.7. The number of nitrogens with one attached hydrogen (secondary N) is 3. The van der Waals surface area contributed by atoms with Crippen molar-refractivity contribution in [2.24, 2.45) is 11.8 Å². The van der Waals surface area contributed by atoms with Crippen LogP contribution < -0.4 is 20.9 Å². The average molecular weight is 486 g/mol. The van der Waals surface area contributed by atoms with Gasteiger partial charge in [-0.3, -0.25) is 23.8 Å². The lowest BCUT2D eigenvalue weighted by Gasteiger charge is -2.34. The van der Waals surface area contributed by atoms with Crippen LogP contribution in [-0.2, 0) is 30.9 Å². The number of benzene rings is 1. The highest BCUT2D eigenvalue weighted by atomic mass is 32.2. The number of likely N-dealkylation sites (N-methyl/N-ethyl adjacent to an activating group) is 1. The Morgan fingerprint density at radius 2 is 1.67 bits per heavy atom. The number of hydrogen-bond acceptors (Lipinski definition) is 7. The lowest BCUT2D eigenvalue weighted by molar-refractivity contribution is -0.147. The summed E-state index contributed by atoms with van der Waals surface area (Å²) >= 11 is 0. The summed E-state index contributed by atoms with van der Waals surface area (Å²) in [6.07, 6.45) is -1.70. The Labute approximate surface area is 196 Å². The van der Waals surface area contributed by atoms with E-state index in [1.54, 1.807) is 59.1 Å². The SMILES string of the molecule is CNC(=O)C(NC(=O)C(CC(C)C)C(O)C(=O)NO)C(C)(C)S(=O)Cc1ccc(OC)cc1. The minimum absolute atomic E-state index is 0.0717. The average Bonchev–Trinajstić information content (AvgIpc) is 2.79. The topological polar surface area (TPSA) is 154 Å². The normalized spacial score (nSPS) is 15.2. The lowest BCUT2D eigenvalue weighted by Crippen LogP contribution is -2.61. The van der Waals surface area contributed by atoms with Gasteiger partial charge in [0.15, 0.2) is 0 Å². The van der Waals surface area contributed by atoms with Gasteiger partial charge in [-0.1, -0.05) is 26.0 Å². The van der Waals surface area contributed by atoms with E-state index in [9.17, 15) is 23.7 Å². The number of hydrogen-bond donors (Lipinski definition) is 5. The molecule has 0 saturated carbocycles. The van der Waals surface area contributed by atoms with Crippen LogP contribution in [0.1, 0.15) is 39.7 Å². The summed E-state index contributed by atoms with van der Waals surface area (Å²) in [6.45, 7) is 6.80. The van der Waals surface area contributed by atoms with Gasteiger partial charge in [-0.05, 0) is 43.9 Å². The third-order valence-corrected chi connectivity index (χ3v) is 7.36. The van der Waals surface area contributed by atoms with Gasteiger partial charge in [0.25, 0.3) is 5.91 Å². The first-order chi connectivity index (χ1) is 15.4. The molecule has 1 rings (SSSR count). The van der Waals surface area contributed by atoms with E-state index in [1.807, 2.05) is 0 Å². The van der Waals surface area contributed by atoms with Crippen LogP contribution in [0, 0.1) is 11.8 Å². The number of aliphatic hydroxyl groups excluding tert-OH is 1. The Bertz CT molecular complexity index is 843. The fourth-order valence-electron chi connectivity index (χ4n) is 3.28. The van der Waals surface area contributed by atoms with Crippen LogP contribution in [0.25, 0.3) is 0 Å². The van der Waals surface area contributed by atoms with E-state index in [4.69, 9.17) is 9.94 Å². The van der Waals surface area contributed by atoms with Gasteiger partial charge in [-0.25, -0.2) is 5.48 Å². The molecule has 0 saturated heterocycles. The first kappa shape index (κ1) is 28.5. The standard InChI is InChI=1S/C22H35N3O7S/c1-13(2)11-16(17(26)20(28)25-30)19(27)24-18(21(29)23-5)22(3,4)33(31)12-14-7-9-15(32-6)10-8-14/h7-10,13,16-18,26,30H,11-12H2,1-6H3,(H,23,29)(H,24,27)(H,25,28). The number of ether oxygens (including phenoxy) is 1. The van der Waals surface area contributed by atoms with Gasteiger partial charge in [-0.15, -0.1) is 0 Å². The van der Waals surface area contributed by atoms with Gasteiger partial charge in [0.1, 0.15) is 17.9 Å². The smallest absolute Gasteiger partial charge is 0.272 e. The van der Waals surface area contributed by atoms with Gasteiger partial charge in [0.05, 0.1) is 17.8 Å². The second-order valence-corrected chi connectivity index (χ2v) is 10.7. The summed E-state index contributed by atoms with van der Waals surface area (Å²) in [5.74, 6) is -2.97. The number of rotatable bonds is 12. The summed E-state index contributed by atoms with van der Waals surface area (Å²) in [6, 6.07) is 5.79. The number of carbonyl (C=O) groups is 3. The van der Waals surface area contributed by atoms with Gasteiger partial charge in [0.2, 0.25) is 11.8 Å². The molecule has 1 aromatic rings. The molecule has 0 aliphatic heterocycles. The third-order valence-electron chi connectivity index (χ3n) is 5.36.